The Morgan fingerprint density at radius 3 is 2.60 bits per heavy atom. The van der Waals surface area contributed by atoms with Crippen LogP contribution in [0.2, 0.25) is 0 Å². The van der Waals surface area contributed by atoms with Crippen LogP contribution in [0.1, 0.15) is 19.8 Å². The lowest BCUT2D eigenvalue weighted by atomic mass is 10.3. The zero-order chi connectivity index (χ0) is 8.04. The van der Waals surface area contributed by atoms with Gasteiger partial charge in [0.05, 0.1) is 0 Å². The Labute approximate surface area is 67.9 Å². The molecule has 0 rings (SSSR count). The van der Waals surface area contributed by atoms with Crippen molar-refractivity contribution in [3.05, 3.63) is 0 Å². The van der Waals surface area contributed by atoms with E-state index in [1.807, 2.05) is 0 Å². The van der Waals surface area contributed by atoms with Crippen LogP contribution < -0.4 is 15.7 Å². The van der Waals surface area contributed by atoms with Crippen LogP contribution in [-0.2, 0) is 11.8 Å². The van der Waals surface area contributed by atoms with Gasteiger partial charge in [0, 0.05) is 6.54 Å². The van der Waals surface area contributed by atoms with Crippen LogP contribution >= 0.6 is 6.49 Å². The van der Waals surface area contributed by atoms with Crippen LogP contribution in [-0.4, -0.2) is 13.6 Å². The van der Waals surface area contributed by atoms with Crippen LogP contribution in [0.3, 0.4) is 0 Å². The van der Waals surface area contributed by atoms with Gasteiger partial charge in [-0.05, 0) is 25.3 Å². The Morgan fingerprint density at radius 1 is 1.60 bits per heavy atom. The first kappa shape index (κ1) is 10.5. The molecule has 0 aromatic carbocycles. The molecule has 0 aromatic rings. The van der Waals surface area contributed by atoms with Gasteiger partial charge in [-0.25, -0.2) is 0 Å². The van der Waals surface area contributed by atoms with E-state index in [4.69, 9.17) is 17.3 Å². The quantitative estimate of drug-likeness (QED) is 0.433. The summed E-state index contributed by atoms with van der Waals surface area (Å²) in [6.07, 6.45) is 2.31. The standard InChI is InChI=1S/C5H16N3PS/c1-3-4-5-8-9(6,10)7-2/h3-5H2,1-2H3,(H4,6,7,8,10). The molecule has 3 nitrogen and oxygen atoms in total. The lowest BCUT2D eigenvalue weighted by Crippen LogP contribution is -2.25. The molecule has 0 bridgehead atoms. The minimum Gasteiger partial charge on any atom is -0.279 e. The van der Waals surface area contributed by atoms with Crippen molar-refractivity contribution in [1.82, 2.24) is 10.2 Å². The number of rotatable bonds is 5. The Balaban J connectivity index is 3.38. The fraction of sp³-hybridized carbons (Fsp3) is 1.00. The molecule has 5 heteroatoms. The molecule has 0 radical (unpaired) electrons. The number of unbranched alkanes of at least 4 members (excludes halogenated alkanes) is 1. The van der Waals surface area contributed by atoms with Gasteiger partial charge in [-0.1, -0.05) is 13.3 Å². The average molecular weight is 181 g/mol. The second-order valence-electron chi connectivity index (χ2n) is 2.14. The molecule has 0 saturated carbocycles. The van der Waals surface area contributed by atoms with Crippen LogP contribution in [0.25, 0.3) is 0 Å². The van der Waals surface area contributed by atoms with E-state index in [2.05, 4.69) is 17.1 Å². The number of hydrogen-bond donors (Lipinski definition) is 3. The van der Waals surface area contributed by atoms with Gasteiger partial charge in [0.15, 0.2) is 0 Å². The van der Waals surface area contributed by atoms with Crippen molar-refractivity contribution in [3.63, 3.8) is 0 Å². The highest BCUT2D eigenvalue weighted by molar-refractivity contribution is 8.11. The third-order valence-corrected chi connectivity index (χ3v) is 3.50. The highest BCUT2D eigenvalue weighted by Gasteiger charge is 2.03. The summed E-state index contributed by atoms with van der Waals surface area (Å²) in [6.45, 7) is 1.19. The predicted octanol–water partition coefficient (Wildman–Crippen LogP) is 0.779. The fourth-order valence-electron chi connectivity index (χ4n) is 0.501. The molecule has 4 N–H and O–H groups in total. The largest absolute Gasteiger partial charge is 0.279 e. The van der Waals surface area contributed by atoms with Crippen LogP contribution in [0, 0.1) is 0 Å². The minimum atomic E-state index is -1.87. The van der Waals surface area contributed by atoms with E-state index in [0.717, 1.165) is 13.0 Å². The van der Waals surface area contributed by atoms with Crippen molar-refractivity contribution in [3.8, 4) is 0 Å². The molecule has 0 heterocycles. The summed E-state index contributed by atoms with van der Waals surface area (Å²) in [5, 5.41) is 5.99. The first-order chi connectivity index (χ1) is 4.62. The SMILES string of the molecule is CCCCNP(N)(=S)NC. The summed E-state index contributed by atoms with van der Waals surface area (Å²) in [4.78, 5) is 0. The molecule has 0 aliphatic carbocycles. The van der Waals surface area contributed by atoms with Crippen LogP contribution in [0.15, 0.2) is 0 Å². The Hall–Kier alpha value is 0.530. The third-order valence-electron chi connectivity index (χ3n) is 1.21. The van der Waals surface area contributed by atoms with Gasteiger partial charge in [-0.2, -0.15) is 0 Å². The van der Waals surface area contributed by atoms with Gasteiger partial charge in [0.25, 0.3) is 0 Å². The van der Waals surface area contributed by atoms with Crippen molar-refractivity contribution in [2.24, 2.45) is 5.50 Å². The third kappa shape index (κ3) is 5.33. The molecular formula is C5H16N3PS. The molecule has 62 valence electrons. The molecular weight excluding hydrogens is 165 g/mol. The highest BCUT2D eigenvalue weighted by Crippen LogP contribution is 2.22. The lowest BCUT2D eigenvalue weighted by Gasteiger charge is -2.16. The summed E-state index contributed by atoms with van der Waals surface area (Å²) >= 11 is 5.02. The summed E-state index contributed by atoms with van der Waals surface area (Å²) in [5.74, 6) is 0. The first-order valence-electron chi connectivity index (χ1n) is 3.45. The van der Waals surface area contributed by atoms with Crippen molar-refractivity contribution < 1.29 is 0 Å². The monoisotopic (exact) mass is 181 g/mol. The van der Waals surface area contributed by atoms with Crippen LogP contribution in [0.4, 0.5) is 0 Å². The van der Waals surface area contributed by atoms with E-state index < -0.39 is 6.49 Å². The summed E-state index contributed by atoms with van der Waals surface area (Å²) in [7, 11) is 1.79. The van der Waals surface area contributed by atoms with E-state index in [9.17, 15) is 0 Å². The molecule has 0 fully saturated rings. The van der Waals surface area contributed by atoms with Crippen molar-refractivity contribution in [2.75, 3.05) is 13.6 Å². The van der Waals surface area contributed by atoms with Crippen molar-refractivity contribution in [2.45, 2.75) is 19.8 Å². The number of hydrogen-bond acceptors (Lipinski definition) is 1. The second kappa shape index (κ2) is 5.22. The van der Waals surface area contributed by atoms with Crippen molar-refractivity contribution >= 4 is 18.3 Å². The smallest absolute Gasteiger partial charge is 0.134 e. The van der Waals surface area contributed by atoms with Gasteiger partial charge in [-0.3, -0.25) is 15.7 Å². The first-order valence-corrected chi connectivity index (χ1v) is 6.32. The van der Waals surface area contributed by atoms with E-state index in [-0.39, 0.29) is 0 Å². The minimum absolute atomic E-state index is 0.922. The van der Waals surface area contributed by atoms with Gasteiger partial charge < -0.3 is 0 Å². The summed E-state index contributed by atoms with van der Waals surface area (Å²) in [5.41, 5.74) is 5.66. The molecule has 1 unspecified atom stereocenters. The highest BCUT2D eigenvalue weighted by atomic mass is 32.4. The molecule has 0 spiro atoms. The predicted molar refractivity (Wildman–Crippen MR) is 50.4 cm³/mol. The van der Waals surface area contributed by atoms with Gasteiger partial charge in [-0.15, -0.1) is 0 Å². The van der Waals surface area contributed by atoms with Crippen molar-refractivity contribution in [1.29, 1.82) is 0 Å². The maximum absolute atomic E-state index is 5.66. The maximum atomic E-state index is 5.66. The molecule has 0 aliphatic rings. The van der Waals surface area contributed by atoms with Crippen LogP contribution in [0.5, 0.6) is 0 Å². The summed E-state index contributed by atoms with van der Waals surface area (Å²) in [6, 6.07) is 0. The topological polar surface area (TPSA) is 50.1 Å². The van der Waals surface area contributed by atoms with E-state index in [0.29, 0.717) is 0 Å². The molecule has 10 heavy (non-hydrogen) atoms. The van der Waals surface area contributed by atoms with E-state index in [1.54, 1.807) is 7.05 Å². The second-order valence-corrected chi connectivity index (χ2v) is 5.95. The molecule has 0 aromatic heterocycles. The zero-order valence-corrected chi connectivity index (χ0v) is 8.27. The Morgan fingerprint density at radius 2 is 2.20 bits per heavy atom. The lowest BCUT2D eigenvalue weighted by molar-refractivity contribution is 0.766. The molecule has 1 atom stereocenters. The van der Waals surface area contributed by atoms with E-state index >= 15 is 0 Å². The zero-order valence-electron chi connectivity index (χ0n) is 6.55. The van der Waals surface area contributed by atoms with E-state index in [1.165, 1.54) is 6.42 Å². The van der Waals surface area contributed by atoms with Gasteiger partial charge in [0.2, 0.25) is 0 Å². The molecule has 0 amide bonds. The maximum Gasteiger partial charge on any atom is 0.134 e. The number of nitrogens with one attached hydrogen (secondary N) is 2. The molecule has 0 aliphatic heterocycles. The molecule has 0 saturated heterocycles. The average Bonchev–Trinajstić information content (AvgIpc) is 1.89. The number of nitrogens with two attached hydrogens (primary N) is 1. The fourth-order valence-corrected chi connectivity index (χ4v) is 1.42. The van der Waals surface area contributed by atoms with Gasteiger partial charge in [0.1, 0.15) is 6.49 Å². The summed E-state index contributed by atoms with van der Waals surface area (Å²) < 4.78 is 0. The normalized spacial score (nSPS) is 16.7. The Kier molecular flexibility index (Phi) is 5.49. The van der Waals surface area contributed by atoms with Gasteiger partial charge >= 0.3 is 0 Å². The Bertz CT molecular complexity index is 128.